The predicted molar refractivity (Wildman–Crippen MR) is 69.4 cm³/mol. The van der Waals surface area contributed by atoms with Crippen molar-refractivity contribution in [2.75, 3.05) is 0 Å². The summed E-state index contributed by atoms with van der Waals surface area (Å²) in [6, 6.07) is 5.86. The summed E-state index contributed by atoms with van der Waals surface area (Å²) in [6.07, 6.45) is 0. The van der Waals surface area contributed by atoms with E-state index in [1.807, 2.05) is 32.0 Å². The number of hydrogen-bond acceptors (Lipinski definition) is 4. The minimum absolute atomic E-state index is 0.0258. The Morgan fingerprint density at radius 2 is 2.18 bits per heavy atom. The van der Waals surface area contributed by atoms with E-state index in [0.717, 1.165) is 21.7 Å². The van der Waals surface area contributed by atoms with Crippen LogP contribution in [-0.4, -0.2) is 10.8 Å². The van der Waals surface area contributed by atoms with E-state index in [0.29, 0.717) is 12.2 Å². The Hall–Kier alpha value is -1.52. The average molecular weight is 246 g/mol. The van der Waals surface area contributed by atoms with Crippen LogP contribution in [-0.2, 0) is 6.54 Å². The highest BCUT2D eigenvalue weighted by atomic mass is 32.1. The number of ketones is 1. The van der Waals surface area contributed by atoms with E-state index in [1.165, 1.54) is 11.3 Å². The van der Waals surface area contributed by atoms with Crippen LogP contribution in [0.4, 0.5) is 0 Å². The van der Waals surface area contributed by atoms with Gasteiger partial charge in [0.15, 0.2) is 0 Å². The molecular formula is C13H14N2OS. The molecular weight excluding hydrogens is 232 g/mol. The molecule has 0 fully saturated rings. The summed E-state index contributed by atoms with van der Waals surface area (Å²) in [6.45, 7) is 4.29. The third kappa shape index (κ3) is 2.43. The van der Waals surface area contributed by atoms with Gasteiger partial charge in [-0.2, -0.15) is 0 Å². The Balaban J connectivity index is 2.39. The van der Waals surface area contributed by atoms with Crippen LogP contribution in [0.5, 0.6) is 0 Å². The molecule has 1 heterocycles. The first kappa shape index (κ1) is 12.0. The molecule has 0 spiro atoms. The van der Waals surface area contributed by atoms with Crippen molar-refractivity contribution in [2.24, 2.45) is 5.73 Å². The molecule has 2 aromatic rings. The van der Waals surface area contributed by atoms with Crippen molar-refractivity contribution >= 4 is 17.1 Å². The molecule has 88 valence electrons. The molecule has 4 heteroatoms. The Bertz CT molecular complexity index is 560. The summed E-state index contributed by atoms with van der Waals surface area (Å²) >= 11 is 1.43. The van der Waals surface area contributed by atoms with Gasteiger partial charge in [-0.3, -0.25) is 4.79 Å². The standard InChI is InChI=1S/C13H14N2OS/c1-8-3-4-9(2)10(5-8)13(16)11-7-17-12(6-14)15-11/h3-5,7H,6,14H2,1-2H3. The fourth-order valence-electron chi connectivity index (χ4n) is 1.63. The number of nitrogens with two attached hydrogens (primary N) is 1. The van der Waals surface area contributed by atoms with Gasteiger partial charge in [-0.05, 0) is 25.5 Å². The maximum atomic E-state index is 12.3. The van der Waals surface area contributed by atoms with Gasteiger partial charge in [0.1, 0.15) is 10.7 Å². The summed E-state index contributed by atoms with van der Waals surface area (Å²) < 4.78 is 0. The van der Waals surface area contributed by atoms with Gasteiger partial charge in [-0.15, -0.1) is 11.3 Å². The maximum absolute atomic E-state index is 12.3. The molecule has 3 nitrogen and oxygen atoms in total. The Morgan fingerprint density at radius 1 is 1.41 bits per heavy atom. The number of nitrogens with zero attached hydrogens (tertiary/aromatic N) is 1. The number of carbonyl (C=O) groups excluding carboxylic acids is 1. The second-order valence-electron chi connectivity index (χ2n) is 3.98. The molecule has 0 saturated heterocycles. The number of aromatic nitrogens is 1. The lowest BCUT2D eigenvalue weighted by Gasteiger charge is -2.04. The van der Waals surface area contributed by atoms with Gasteiger partial charge in [0.25, 0.3) is 0 Å². The van der Waals surface area contributed by atoms with Gasteiger partial charge in [-0.25, -0.2) is 4.98 Å². The monoisotopic (exact) mass is 246 g/mol. The second-order valence-corrected chi connectivity index (χ2v) is 4.92. The first-order chi connectivity index (χ1) is 8.11. The van der Waals surface area contributed by atoms with Gasteiger partial charge in [0.05, 0.1) is 0 Å². The molecule has 0 aliphatic heterocycles. The molecule has 0 aliphatic carbocycles. The van der Waals surface area contributed by atoms with Crippen LogP contribution in [0.25, 0.3) is 0 Å². The van der Waals surface area contributed by atoms with E-state index in [-0.39, 0.29) is 5.78 Å². The van der Waals surface area contributed by atoms with Crippen LogP contribution in [0.15, 0.2) is 23.6 Å². The van der Waals surface area contributed by atoms with E-state index in [4.69, 9.17) is 5.73 Å². The number of carbonyl (C=O) groups is 1. The zero-order valence-electron chi connectivity index (χ0n) is 9.86. The third-order valence-electron chi connectivity index (χ3n) is 2.60. The fraction of sp³-hybridized carbons (Fsp3) is 0.231. The zero-order chi connectivity index (χ0) is 12.4. The fourth-order valence-corrected chi connectivity index (χ4v) is 2.28. The molecule has 0 atom stereocenters. The lowest BCUT2D eigenvalue weighted by atomic mass is 10.0. The van der Waals surface area contributed by atoms with E-state index in [2.05, 4.69) is 4.98 Å². The Kier molecular flexibility index (Phi) is 3.36. The Labute approximate surface area is 104 Å². The molecule has 2 N–H and O–H groups in total. The first-order valence-corrected chi connectivity index (χ1v) is 6.26. The molecule has 0 radical (unpaired) electrons. The van der Waals surface area contributed by atoms with Crippen molar-refractivity contribution in [2.45, 2.75) is 20.4 Å². The summed E-state index contributed by atoms with van der Waals surface area (Å²) in [5.41, 5.74) is 8.76. The third-order valence-corrected chi connectivity index (χ3v) is 3.47. The molecule has 0 bridgehead atoms. The summed E-state index contributed by atoms with van der Waals surface area (Å²) in [5.74, 6) is -0.0258. The van der Waals surface area contributed by atoms with Crippen molar-refractivity contribution in [1.82, 2.24) is 4.98 Å². The highest BCUT2D eigenvalue weighted by Crippen LogP contribution is 2.17. The van der Waals surface area contributed by atoms with Gasteiger partial charge >= 0.3 is 0 Å². The molecule has 1 aromatic carbocycles. The molecule has 0 saturated carbocycles. The first-order valence-electron chi connectivity index (χ1n) is 5.38. The summed E-state index contributed by atoms with van der Waals surface area (Å²) in [4.78, 5) is 16.5. The molecule has 0 aliphatic rings. The van der Waals surface area contributed by atoms with Crippen LogP contribution in [0.3, 0.4) is 0 Å². The van der Waals surface area contributed by atoms with Crippen molar-refractivity contribution in [1.29, 1.82) is 0 Å². The second kappa shape index (κ2) is 4.77. The number of hydrogen-bond donors (Lipinski definition) is 1. The highest BCUT2D eigenvalue weighted by Gasteiger charge is 2.15. The lowest BCUT2D eigenvalue weighted by molar-refractivity contribution is 0.103. The van der Waals surface area contributed by atoms with Gasteiger partial charge in [-0.1, -0.05) is 17.7 Å². The minimum Gasteiger partial charge on any atom is -0.325 e. The Morgan fingerprint density at radius 3 is 2.82 bits per heavy atom. The number of thiazole rings is 1. The van der Waals surface area contributed by atoms with Crippen molar-refractivity contribution in [3.8, 4) is 0 Å². The van der Waals surface area contributed by atoms with Crippen molar-refractivity contribution < 1.29 is 4.79 Å². The summed E-state index contributed by atoms with van der Waals surface area (Å²) in [7, 11) is 0. The van der Waals surface area contributed by atoms with Crippen LogP contribution in [0, 0.1) is 13.8 Å². The molecule has 1 aromatic heterocycles. The van der Waals surface area contributed by atoms with Crippen LogP contribution in [0.2, 0.25) is 0 Å². The average Bonchev–Trinajstić information content (AvgIpc) is 2.80. The van der Waals surface area contributed by atoms with Crippen molar-refractivity contribution in [3.05, 3.63) is 51.0 Å². The van der Waals surface area contributed by atoms with Gasteiger partial charge < -0.3 is 5.73 Å². The maximum Gasteiger partial charge on any atom is 0.212 e. The summed E-state index contributed by atoms with van der Waals surface area (Å²) in [5, 5.41) is 2.56. The quantitative estimate of drug-likeness (QED) is 0.846. The normalized spacial score (nSPS) is 10.5. The largest absolute Gasteiger partial charge is 0.325 e. The van der Waals surface area contributed by atoms with Crippen LogP contribution >= 0.6 is 11.3 Å². The molecule has 0 amide bonds. The number of aryl methyl sites for hydroxylation is 2. The topological polar surface area (TPSA) is 56.0 Å². The van der Waals surface area contributed by atoms with E-state index >= 15 is 0 Å². The van der Waals surface area contributed by atoms with E-state index < -0.39 is 0 Å². The number of benzene rings is 1. The highest BCUT2D eigenvalue weighted by molar-refractivity contribution is 7.09. The smallest absolute Gasteiger partial charge is 0.212 e. The van der Waals surface area contributed by atoms with Gasteiger partial charge in [0, 0.05) is 17.5 Å². The van der Waals surface area contributed by atoms with Crippen molar-refractivity contribution in [3.63, 3.8) is 0 Å². The molecule has 17 heavy (non-hydrogen) atoms. The lowest BCUT2D eigenvalue weighted by Crippen LogP contribution is -2.05. The minimum atomic E-state index is -0.0258. The van der Waals surface area contributed by atoms with Gasteiger partial charge in [0.2, 0.25) is 5.78 Å². The van der Waals surface area contributed by atoms with E-state index in [9.17, 15) is 4.79 Å². The predicted octanol–water partition coefficient (Wildman–Crippen LogP) is 2.45. The van der Waals surface area contributed by atoms with Crippen LogP contribution in [0.1, 0.15) is 32.2 Å². The molecule has 2 rings (SSSR count). The zero-order valence-corrected chi connectivity index (χ0v) is 10.7. The number of rotatable bonds is 3. The van der Waals surface area contributed by atoms with E-state index in [1.54, 1.807) is 5.38 Å². The molecule has 0 unspecified atom stereocenters. The van der Waals surface area contributed by atoms with Crippen LogP contribution < -0.4 is 5.73 Å². The SMILES string of the molecule is Cc1ccc(C)c(C(=O)c2csc(CN)n2)c1.